The Balaban J connectivity index is 0.00000364. The molecule has 0 saturated carbocycles. The number of carbonyl (C=O) groups is 1. The monoisotopic (exact) mass is 507 g/mol. The number of carbonyl (C=O) groups excluding carboxylic acids is 1. The highest BCUT2D eigenvalue weighted by atomic mass is 127. The summed E-state index contributed by atoms with van der Waals surface area (Å²) < 4.78 is 0. The van der Waals surface area contributed by atoms with Gasteiger partial charge in [-0.15, -0.1) is 24.0 Å². The number of likely N-dealkylation sites (N-methyl/N-ethyl adjacent to an activating group) is 1. The second-order valence-corrected chi connectivity index (χ2v) is 7.27. The van der Waals surface area contributed by atoms with E-state index in [2.05, 4.69) is 40.0 Å². The van der Waals surface area contributed by atoms with Gasteiger partial charge in [-0.2, -0.15) is 0 Å². The lowest BCUT2D eigenvalue weighted by Gasteiger charge is -2.38. The van der Waals surface area contributed by atoms with Gasteiger partial charge in [0.2, 0.25) is 5.91 Å². The second-order valence-electron chi connectivity index (χ2n) is 6.84. The summed E-state index contributed by atoms with van der Waals surface area (Å²) in [6, 6.07) is 8.27. The van der Waals surface area contributed by atoms with Crippen molar-refractivity contribution >= 4 is 53.1 Å². The van der Waals surface area contributed by atoms with Crippen LogP contribution in [0, 0.1) is 0 Å². The Bertz CT molecular complexity index is 632. The first-order chi connectivity index (χ1) is 12.4. The number of hydrogen-bond donors (Lipinski definition) is 1. The Hall–Kier alpha value is -1.22. The van der Waals surface area contributed by atoms with E-state index >= 15 is 0 Å². The molecule has 152 valence electrons. The molecule has 0 aliphatic carbocycles. The second kappa shape index (κ2) is 11.6. The largest absolute Gasteiger partial charge is 0.368 e. The minimum Gasteiger partial charge on any atom is -0.368 e. The summed E-state index contributed by atoms with van der Waals surface area (Å²) >= 11 is 6.11. The zero-order chi connectivity index (χ0) is 19.1. The lowest BCUT2D eigenvalue weighted by atomic mass is 10.2. The summed E-state index contributed by atoms with van der Waals surface area (Å²) in [7, 11) is 3.51. The first kappa shape index (κ1) is 23.8. The van der Waals surface area contributed by atoms with Crippen molar-refractivity contribution in [2.45, 2.75) is 26.3 Å². The molecule has 0 aromatic heterocycles. The fraction of sp³-hybridized carbons (Fsp3) is 0.579. The zero-order valence-electron chi connectivity index (χ0n) is 16.6. The van der Waals surface area contributed by atoms with Crippen LogP contribution in [0.5, 0.6) is 0 Å². The standard InChI is InChI=1S/C19H30ClN5O.HI/c1-5-15(2)22-19(21-14-18(26)23(3)4)25-11-9-24(10-12-25)17-8-6-7-16(20)13-17;/h6-8,13,15H,5,9-12,14H2,1-4H3,(H,21,22);1H. The van der Waals surface area contributed by atoms with Gasteiger partial charge in [-0.05, 0) is 31.5 Å². The van der Waals surface area contributed by atoms with E-state index in [9.17, 15) is 4.79 Å². The van der Waals surface area contributed by atoms with E-state index in [1.165, 1.54) is 0 Å². The number of nitrogens with one attached hydrogen (secondary N) is 1. The fourth-order valence-electron chi connectivity index (χ4n) is 2.69. The molecule has 1 atom stereocenters. The van der Waals surface area contributed by atoms with Gasteiger partial charge in [0.05, 0.1) is 0 Å². The zero-order valence-corrected chi connectivity index (χ0v) is 19.7. The summed E-state index contributed by atoms with van der Waals surface area (Å²) in [6.45, 7) is 7.92. The molecule has 6 nitrogen and oxygen atoms in total. The van der Waals surface area contributed by atoms with Crippen molar-refractivity contribution in [1.29, 1.82) is 0 Å². The summed E-state index contributed by atoms with van der Waals surface area (Å²) in [5, 5.41) is 4.22. The van der Waals surface area contributed by atoms with E-state index in [1.54, 1.807) is 19.0 Å². The Morgan fingerprint density at radius 1 is 1.30 bits per heavy atom. The molecule has 1 saturated heterocycles. The number of piperazine rings is 1. The van der Waals surface area contributed by atoms with Crippen molar-refractivity contribution < 1.29 is 4.79 Å². The van der Waals surface area contributed by atoms with Gasteiger partial charge >= 0.3 is 0 Å². The molecule has 1 unspecified atom stereocenters. The van der Waals surface area contributed by atoms with Gasteiger partial charge in [-0.3, -0.25) is 4.79 Å². The Labute approximate surface area is 185 Å². The number of rotatable bonds is 5. The molecule has 1 amide bonds. The third-order valence-corrected chi connectivity index (χ3v) is 4.84. The van der Waals surface area contributed by atoms with E-state index < -0.39 is 0 Å². The number of amides is 1. The van der Waals surface area contributed by atoms with Crippen molar-refractivity contribution in [2.24, 2.45) is 4.99 Å². The molecule has 1 aliphatic heterocycles. The minimum absolute atomic E-state index is 0. The molecule has 1 aromatic rings. The number of halogens is 2. The SMILES string of the molecule is CCC(C)NC(=NCC(=O)N(C)C)N1CCN(c2cccc(Cl)c2)CC1.I. The lowest BCUT2D eigenvalue weighted by Crippen LogP contribution is -2.54. The van der Waals surface area contributed by atoms with Gasteiger partial charge in [0, 0.05) is 57.0 Å². The van der Waals surface area contributed by atoms with Crippen molar-refractivity contribution in [2.75, 3.05) is 51.7 Å². The highest BCUT2D eigenvalue weighted by Gasteiger charge is 2.21. The molecule has 1 aromatic carbocycles. The number of anilines is 1. The summed E-state index contributed by atoms with van der Waals surface area (Å²) in [5.74, 6) is 0.825. The van der Waals surface area contributed by atoms with Gasteiger partial charge in [0.1, 0.15) is 6.54 Å². The van der Waals surface area contributed by atoms with Crippen molar-refractivity contribution in [3.63, 3.8) is 0 Å². The molecular weight excluding hydrogens is 477 g/mol. The minimum atomic E-state index is 0. The number of benzene rings is 1. The van der Waals surface area contributed by atoms with Gasteiger partial charge < -0.3 is 20.0 Å². The first-order valence-electron chi connectivity index (χ1n) is 9.17. The molecule has 0 bridgehead atoms. The summed E-state index contributed by atoms with van der Waals surface area (Å²) in [4.78, 5) is 22.6. The molecule has 1 aliphatic rings. The predicted molar refractivity (Wildman–Crippen MR) is 125 cm³/mol. The maximum atomic E-state index is 11.9. The molecule has 1 N–H and O–H groups in total. The number of aliphatic imine (C=N–C) groups is 1. The Morgan fingerprint density at radius 2 is 1.96 bits per heavy atom. The van der Waals surface area contributed by atoms with Crippen LogP contribution >= 0.6 is 35.6 Å². The molecule has 1 fully saturated rings. The van der Waals surface area contributed by atoms with Crippen LogP contribution in [-0.2, 0) is 4.79 Å². The predicted octanol–water partition coefficient (Wildman–Crippen LogP) is 2.91. The topological polar surface area (TPSA) is 51.2 Å². The number of guanidine groups is 1. The van der Waals surface area contributed by atoms with E-state index in [4.69, 9.17) is 11.6 Å². The lowest BCUT2D eigenvalue weighted by molar-refractivity contribution is -0.127. The number of nitrogens with zero attached hydrogens (tertiary/aromatic N) is 4. The van der Waals surface area contributed by atoms with Crippen LogP contribution in [0.4, 0.5) is 5.69 Å². The highest BCUT2D eigenvalue weighted by molar-refractivity contribution is 14.0. The van der Waals surface area contributed by atoms with Gasteiger partial charge in [-0.25, -0.2) is 4.99 Å². The van der Waals surface area contributed by atoms with Crippen LogP contribution in [0.25, 0.3) is 0 Å². The number of hydrogen-bond acceptors (Lipinski definition) is 3. The molecule has 1 heterocycles. The summed E-state index contributed by atoms with van der Waals surface area (Å²) in [6.07, 6.45) is 1.00. The third-order valence-electron chi connectivity index (χ3n) is 4.60. The van der Waals surface area contributed by atoms with Gasteiger partial charge in [0.15, 0.2) is 5.96 Å². The molecule has 2 rings (SSSR count). The highest BCUT2D eigenvalue weighted by Crippen LogP contribution is 2.20. The molecule has 8 heteroatoms. The van der Waals surface area contributed by atoms with Crippen molar-refractivity contribution in [3.8, 4) is 0 Å². The van der Waals surface area contributed by atoms with E-state index in [-0.39, 0.29) is 36.4 Å². The normalized spacial score (nSPS) is 15.8. The van der Waals surface area contributed by atoms with Gasteiger partial charge in [-0.1, -0.05) is 24.6 Å². The van der Waals surface area contributed by atoms with Crippen LogP contribution < -0.4 is 10.2 Å². The van der Waals surface area contributed by atoms with Crippen molar-refractivity contribution in [3.05, 3.63) is 29.3 Å². The van der Waals surface area contributed by atoms with E-state index in [0.717, 1.165) is 49.3 Å². The average molecular weight is 508 g/mol. The molecule has 27 heavy (non-hydrogen) atoms. The fourth-order valence-corrected chi connectivity index (χ4v) is 2.88. The molecule has 0 spiro atoms. The molecular formula is C19H31ClIN5O. The van der Waals surface area contributed by atoms with Crippen LogP contribution in [-0.4, -0.2) is 74.5 Å². The molecule has 0 radical (unpaired) electrons. The maximum Gasteiger partial charge on any atom is 0.243 e. The van der Waals surface area contributed by atoms with E-state index in [1.807, 2.05) is 18.2 Å². The van der Waals surface area contributed by atoms with Crippen molar-refractivity contribution in [1.82, 2.24) is 15.1 Å². The Kier molecular flexibility index (Phi) is 10.2. The van der Waals surface area contributed by atoms with Gasteiger partial charge in [0.25, 0.3) is 0 Å². The maximum absolute atomic E-state index is 11.9. The van der Waals surface area contributed by atoms with E-state index in [0.29, 0.717) is 6.04 Å². The van der Waals surface area contributed by atoms with Crippen LogP contribution in [0.15, 0.2) is 29.3 Å². The smallest absolute Gasteiger partial charge is 0.243 e. The average Bonchev–Trinajstić information content (AvgIpc) is 2.64. The summed E-state index contributed by atoms with van der Waals surface area (Å²) in [5.41, 5.74) is 1.15. The van der Waals surface area contributed by atoms with Crippen LogP contribution in [0.3, 0.4) is 0 Å². The quantitative estimate of drug-likeness (QED) is 0.378. The first-order valence-corrected chi connectivity index (χ1v) is 9.55. The third kappa shape index (κ3) is 7.37. The Morgan fingerprint density at radius 3 is 2.52 bits per heavy atom. The van der Waals surface area contributed by atoms with Crippen LogP contribution in [0.1, 0.15) is 20.3 Å². The van der Waals surface area contributed by atoms with Crippen LogP contribution in [0.2, 0.25) is 5.02 Å².